The van der Waals surface area contributed by atoms with E-state index >= 15 is 0 Å². The number of alkyl halides is 1. The van der Waals surface area contributed by atoms with Gasteiger partial charge in [0.2, 0.25) is 5.89 Å². The van der Waals surface area contributed by atoms with Crippen LogP contribution in [0.5, 0.6) is 5.75 Å². The van der Waals surface area contributed by atoms with Gasteiger partial charge in [-0.25, -0.2) is 0 Å². The van der Waals surface area contributed by atoms with Gasteiger partial charge in [-0.3, -0.25) is 0 Å². The van der Waals surface area contributed by atoms with Gasteiger partial charge in [0, 0.05) is 5.02 Å². The lowest BCUT2D eigenvalue weighted by molar-refractivity contribution is 0.413. The Morgan fingerprint density at radius 1 is 1.35 bits per heavy atom. The van der Waals surface area contributed by atoms with Crippen molar-refractivity contribution in [2.45, 2.75) is 12.3 Å². The fourth-order valence-electron chi connectivity index (χ4n) is 1.35. The van der Waals surface area contributed by atoms with Gasteiger partial charge in [-0.15, -0.1) is 21.8 Å². The number of rotatable bonds is 3. The maximum absolute atomic E-state index is 5.92. The Hall–Kier alpha value is -1.26. The Labute approximate surface area is 109 Å². The molecule has 2 aromatic rings. The molecule has 1 atom stereocenters. The number of methoxy groups -OCH3 is 1. The first-order valence-electron chi connectivity index (χ1n) is 4.93. The molecule has 90 valence electrons. The van der Waals surface area contributed by atoms with Crippen LogP contribution in [-0.2, 0) is 0 Å². The summed E-state index contributed by atoms with van der Waals surface area (Å²) >= 11 is 11.8. The van der Waals surface area contributed by atoms with Gasteiger partial charge in [-0.1, -0.05) is 11.6 Å². The zero-order valence-electron chi connectivity index (χ0n) is 9.28. The van der Waals surface area contributed by atoms with Gasteiger partial charge < -0.3 is 9.15 Å². The number of nitrogens with zero attached hydrogens (tertiary/aromatic N) is 2. The van der Waals surface area contributed by atoms with E-state index in [1.54, 1.807) is 32.2 Å². The van der Waals surface area contributed by atoms with Crippen molar-refractivity contribution in [3.05, 3.63) is 29.1 Å². The van der Waals surface area contributed by atoms with Crippen LogP contribution in [0.25, 0.3) is 11.5 Å². The minimum absolute atomic E-state index is 0.332. The molecule has 0 saturated heterocycles. The molecule has 2 rings (SSSR count). The first-order valence-corrected chi connectivity index (χ1v) is 5.74. The molecule has 1 aromatic heterocycles. The average molecular weight is 273 g/mol. The third kappa shape index (κ3) is 2.53. The molecule has 0 aliphatic rings. The van der Waals surface area contributed by atoms with Crippen molar-refractivity contribution < 1.29 is 9.15 Å². The van der Waals surface area contributed by atoms with Crippen LogP contribution in [0, 0.1) is 0 Å². The Balaban J connectivity index is 2.47. The van der Waals surface area contributed by atoms with Crippen molar-refractivity contribution in [1.82, 2.24) is 10.2 Å². The first-order chi connectivity index (χ1) is 8.11. The molecule has 0 bridgehead atoms. The van der Waals surface area contributed by atoms with Crippen LogP contribution in [0.4, 0.5) is 0 Å². The van der Waals surface area contributed by atoms with Crippen LogP contribution in [0.15, 0.2) is 22.6 Å². The second kappa shape index (κ2) is 4.94. The fraction of sp³-hybridized carbons (Fsp3) is 0.273. The second-order valence-corrected chi connectivity index (χ2v) is 4.50. The molecule has 1 heterocycles. The maximum Gasteiger partial charge on any atom is 0.251 e. The number of aromatic nitrogens is 2. The number of hydrogen-bond donors (Lipinski definition) is 0. The normalized spacial score (nSPS) is 12.5. The van der Waals surface area contributed by atoms with Crippen molar-refractivity contribution in [2.24, 2.45) is 0 Å². The van der Waals surface area contributed by atoms with Crippen molar-refractivity contribution in [1.29, 1.82) is 0 Å². The van der Waals surface area contributed by atoms with Crippen LogP contribution in [0.3, 0.4) is 0 Å². The molecule has 0 amide bonds. The molecule has 17 heavy (non-hydrogen) atoms. The van der Waals surface area contributed by atoms with E-state index < -0.39 is 0 Å². The molecule has 6 heteroatoms. The Morgan fingerprint density at radius 2 is 2.12 bits per heavy atom. The van der Waals surface area contributed by atoms with Crippen LogP contribution in [0.1, 0.15) is 18.2 Å². The summed E-state index contributed by atoms with van der Waals surface area (Å²) in [5.74, 6) is 1.32. The van der Waals surface area contributed by atoms with Gasteiger partial charge in [0.15, 0.2) is 0 Å². The van der Waals surface area contributed by atoms with E-state index in [-0.39, 0.29) is 5.38 Å². The molecule has 0 radical (unpaired) electrons. The van der Waals surface area contributed by atoms with Crippen LogP contribution < -0.4 is 4.74 Å². The molecule has 1 aromatic carbocycles. The van der Waals surface area contributed by atoms with E-state index in [0.717, 1.165) is 0 Å². The summed E-state index contributed by atoms with van der Waals surface area (Å²) in [6.45, 7) is 1.76. The highest BCUT2D eigenvalue weighted by Crippen LogP contribution is 2.32. The van der Waals surface area contributed by atoms with Crippen molar-refractivity contribution in [3.63, 3.8) is 0 Å². The van der Waals surface area contributed by atoms with Crippen molar-refractivity contribution >= 4 is 23.2 Å². The smallest absolute Gasteiger partial charge is 0.251 e. The lowest BCUT2D eigenvalue weighted by Gasteiger charge is -2.04. The first kappa shape index (κ1) is 12.2. The summed E-state index contributed by atoms with van der Waals surface area (Å²) in [6.07, 6.45) is 0. The highest BCUT2D eigenvalue weighted by atomic mass is 35.5. The summed E-state index contributed by atoms with van der Waals surface area (Å²) in [5, 5.41) is 8.00. The largest absolute Gasteiger partial charge is 0.496 e. The lowest BCUT2D eigenvalue weighted by Crippen LogP contribution is -1.87. The quantitative estimate of drug-likeness (QED) is 0.800. The standard InChI is InChI=1S/C11H10Cl2N2O2/c1-6(12)10-14-15-11(17-10)8-5-7(13)3-4-9(8)16-2/h3-6H,1-2H3. The molecule has 0 spiro atoms. The molecule has 0 aliphatic heterocycles. The summed E-state index contributed by atoms with van der Waals surface area (Å²) < 4.78 is 10.6. The van der Waals surface area contributed by atoms with Gasteiger partial charge >= 0.3 is 0 Å². The summed E-state index contributed by atoms with van der Waals surface area (Å²) in [4.78, 5) is 0. The van der Waals surface area contributed by atoms with E-state index in [9.17, 15) is 0 Å². The van der Waals surface area contributed by atoms with Gasteiger partial charge in [-0.2, -0.15) is 0 Å². The molecule has 0 N–H and O–H groups in total. The fourth-order valence-corrected chi connectivity index (χ4v) is 1.61. The Bertz CT molecular complexity index is 526. The van der Waals surface area contributed by atoms with Crippen LogP contribution >= 0.6 is 23.2 Å². The van der Waals surface area contributed by atoms with Gasteiger partial charge in [-0.05, 0) is 25.1 Å². The predicted octanol–water partition coefficient (Wildman–Crippen LogP) is 3.70. The minimum atomic E-state index is -0.332. The van der Waals surface area contributed by atoms with E-state index in [4.69, 9.17) is 32.4 Å². The number of ether oxygens (including phenoxy) is 1. The molecular formula is C11H10Cl2N2O2. The third-order valence-electron chi connectivity index (χ3n) is 2.17. The molecule has 0 fully saturated rings. The van der Waals surface area contributed by atoms with E-state index in [2.05, 4.69) is 10.2 Å². The van der Waals surface area contributed by atoms with E-state index in [0.29, 0.717) is 28.1 Å². The topological polar surface area (TPSA) is 48.2 Å². The SMILES string of the molecule is COc1ccc(Cl)cc1-c1nnc(C(C)Cl)o1. The summed E-state index contributed by atoms with van der Waals surface area (Å²) in [7, 11) is 1.56. The predicted molar refractivity (Wildman–Crippen MR) is 65.6 cm³/mol. The Kier molecular flexibility index (Phi) is 3.54. The number of hydrogen-bond acceptors (Lipinski definition) is 4. The zero-order chi connectivity index (χ0) is 12.4. The van der Waals surface area contributed by atoms with Gasteiger partial charge in [0.25, 0.3) is 5.89 Å². The average Bonchev–Trinajstić information content (AvgIpc) is 2.78. The maximum atomic E-state index is 5.92. The Morgan fingerprint density at radius 3 is 2.71 bits per heavy atom. The van der Waals surface area contributed by atoms with Crippen LogP contribution in [0.2, 0.25) is 5.02 Å². The number of halogens is 2. The van der Waals surface area contributed by atoms with Gasteiger partial charge in [0.05, 0.1) is 12.7 Å². The molecule has 1 unspecified atom stereocenters. The minimum Gasteiger partial charge on any atom is -0.496 e. The van der Waals surface area contributed by atoms with Gasteiger partial charge in [0.1, 0.15) is 11.1 Å². The summed E-state index contributed by atoms with van der Waals surface area (Å²) in [5.41, 5.74) is 0.649. The highest BCUT2D eigenvalue weighted by molar-refractivity contribution is 6.30. The molecule has 4 nitrogen and oxygen atoms in total. The monoisotopic (exact) mass is 272 g/mol. The second-order valence-electron chi connectivity index (χ2n) is 3.41. The lowest BCUT2D eigenvalue weighted by atomic mass is 10.2. The third-order valence-corrected chi connectivity index (χ3v) is 2.59. The van der Waals surface area contributed by atoms with E-state index in [1.165, 1.54) is 0 Å². The zero-order valence-corrected chi connectivity index (χ0v) is 10.8. The molecular weight excluding hydrogens is 263 g/mol. The summed E-state index contributed by atoms with van der Waals surface area (Å²) in [6, 6.07) is 5.17. The van der Waals surface area contributed by atoms with Crippen molar-refractivity contribution in [3.8, 4) is 17.2 Å². The highest BCUT2D eigenvalue weighted by Gasteiger charge is 2.16. The number of benzene rings is 1. The van der Waals surface area contributed by atoms with E-state index in [1.807, 2.05) is 0 Å². The van der Waals surface area contributed by atoms with Crippen molar-refractivity contribution in [2.75, 3.05) is 7.11 Å². The molecule has 0 aliphatic carbocycles. The van der Waals surface area contributed by atoms with Crippen LogP contribution in [-0.4, -0.2) is 17.3 Å². The molecule has 0 saturated carbocycles.